The van der Waals surface area contributed by atoms with Crippen LogP contribution in [-0.4, -0.2) is 191 Å². The van der Waals surface area contributed by atoms with Crippen LogP contribution in [0, 0.1) is 0 Å². The topological polar surface area (TPSA) is 149 Å². The molecule has 0 bridgehead atoms. The molecule has 0 radical (unpaired) electrons. The van der Waals surface area contributed by atoms with Gasteiger partial charge >= 0.3 is 0 Å². The molecule has 0 saturated heterocycles. The first-order valence-electron chi connectivity index (χ1n) is 17.2. The maximum atomic E-state index is 5.82. The third-order valence-corrected chi connectivity index (χ3v) is 6.18. The Morgan fingerprint density at radius 1 is 0.367 bits per heavy atom. The quantitative estimate of drug-likeness (QED) is 0.0773. The Labute approximate surface area is 293 Å². The monoisotopic (exact) mass is 708 g/mol. The Kier molecular flexibility index (Phi) is 34.7. The largest absolute Gasteiger partial charge is 0.489 e. The average molecular weight is 709 g/mol. The molecule has 0 aliphatic heterocycles. The van der Waals surface area contributed by atoms with E-state index in [-0.39, 0.29) is 0 Å². The van der Waals surface area contributed by atoms with Crippen molar-refractivity contribution in [3.63, 3.8) is 0 Å². The van der Waals surface area contributed by atoms with Gasteiger partial charge in [0.25, 0.3) is 0 Å². The zero-order valence-electron chi connectivity index (χ0n) is 30.0. The Hall–Kier alpha value is -1.70. The number of ether oxygens (including phenoxy) is 13. The Morgan fingerprint density at radius 2 is 0.612 bits per heavy atom. The minimum Gasteiger partial charge on any atom is -0.489 e. The number of nitrogens with zero attached hydrogens (tertiary/aromatic N) is 1. The highest BCUT2D eigenvalue weighted by Gasteiger charge is 1.99. The summed E-state index contributed by atoms with van der Waals surface area (Å²) in [5, 5.41) is 0. The number of benzene rings is 1. The molecule has 0 saturated carbocycles. The van der Waals surface area contributed by atoms with Gasteiger partial charge in [-0.3, -0.25) is 0 Å². The smallest absolute Gasteiger partial charge is 0.142 e. The molecule has 15 heteroatoms. The van der Waals surface area contributed by atoms with Crippen LogP contribution in [0.1, 0.15) is 0 Å². The number of nitrogen functional groups attached to an aromatic ring is 1. The SMILES string of the molecule is CN(C)CCOCCOCCOCCOCCOCCOCCOCCOCCOCCOCCOCCOCCOc1ccccc1N. The van der Waals surface area contributed by atoms with E-state index in [2.05, 4.69) is 4.90 Å². The molecule has 0 amide bonds. The summed E-state index contributed by atoms with van der Waals surface area (Å²) in [6.45, 7) is 13.9. The lowest BCUT2D eigenvalue weighted by molar-refractivity contribution is -0.0286. The van der Waals surface area contributed by atoms with Gasteiger partial charge in [-0.25, -0.2) is 0 Å². The minimum absolute atomic E-state index is 0.437. The molecular formula is C34H64N2O13. The van der Waals surface area contributed by atoms with E-state index < -0.39 is 0 Å². The van der Waals surface area contributed by atoms with E-state index in [4.69, 9.17) is 67.3 Å². The molecule has 15 nitrogen and oxygen atoms in total. The Bertz CT molecular complexity index is 798. The minimum atomic E-state index is 0.437. The van der Waals surface area contributed by atoms with Crippen molar-refractivity contribution in [1.82, 2.24) is 4.90 Å². The van der Waals surface area contributed by atoms with Crippen LogP contribution in [0.4, 0.5) is 5.69 Å². The third kappa shape index (κ3) is 34.5. The van der Waals surface area contributed by atoms with Gasteiger partial charge in [0.05, 0.1) is 164 Å². The third-order valence-electron chi connectivity index (χ3n) is 6.18. The molecule has 1 aromatic carbocycles. The van der Waals surface area contributed by atoms with E-state index in [9.17, 15) is 0 Å². The molecule has 0 spiro atoms. The summed E-state index contributed by atoms with van der Waals surface area (Å²) in [6, 6.07) is 7.38. The molecule has 1 aromatic rings. The van der Waals surface area contributed by atoms with E-state index in [1.165, 1.54) is 0 Å². The first-order valence-corrected chi connectivity index (χ1v) is 17.2. The number of nitrogens with two attached hydrogens (primary N) is 1. The Morgan fingerprint density at radius 3 is 0.878 bits per heavy atom. The van der Waals surface area contributed by atoms with Gasteiger partial charge in [0.1, 0.15) is 12.4 Å². The zero-order chi connectivity index (χ0) is 35.1. The fourth-order valence-electron chi connectivity index (χ4n) is 3.59. The summed E-state index contributed by atoms with van der Waals surface area (Å²) in [4.78, 5) is 2.08. The molecule has 0 unspecified atom stereocenters. The number of para-hydroxylation sites is 2. The van der Waals surface area contributed by atoms with Gasteiger partial charge in [-0.05, 0) is 26.2 Å². The highest BCUT2D eigenvalue weighted by atomic mass is 16.6. The molecule has 49 heavy (non-hydrogen) atoms. The molecular weight excluding hydrogens is 644 g/mol. The van der Waals surface area contributed by atoms with Gasteiger partial charge in [0.15, 0.2) is 0 Å². The standard InChI is InChI=1S/C34H64N2O13/c1-36(2)7-8-37-9-10-38-11-12-39-13-14-40-15-16-41-17-18-42-19-20-43-21-22-44-23-24-45-25-26-46-27-28-47-29-30-48-31-32-49-34-6-4-3-5-33(34)35/h3-6H,7-32,35H2,1-2H3. The van der Waals surface area contributed by atoms with E-state index in [1.54, 1.807) is 6.07 Å². The molecule has 288 valence electrons. The average Bonchev–Trinajstić information content (AvgIpc) is 3.10. The summed E-state index contributed by atoms with van der Waals surface area (Å²) in [5.41, 5.74) is 6.44. The molecule has 0 aromatic heterocycles. The number of likely N-dealkylation sites (N-methyl/N-ethyl adjacent to an activating group) is 1. The van der Waals surface area contributed by atoms with Crippen LogP contribution in [0.3, 0.4) is 0 Å². The normalized spacial score (nSPS) is 11.6. The van der Waals surface area contributed by atoms with E-state index in [0.29, 0.717) is 177 Å². The second kappa shape index (κ2) is 37.6. The number of hydrogen-bond donors (Lipinski definition) is 1. The van der Waals surface area contributed by atoms with Gasteiger partial charge in [-0.1, -0.05) is 12.1 Å². The van der Waals surface area contributed by atoms with Crippen molar-refractivity contribution in [3.8, 4) is 5.75 Å². The molecule has 0 heterocycles. The lowest BCUT2D eigenvalue weighted by Crippen LogP contribution is -2.19. The fourth-order valence-corrected chi connectivity index (χ4v) is 3.59. The summed E-state index contributed by atoms with van der Waals surface area (Å²) in [7, 11) is 4.04. The lowest BCUT2D eigenvalue weighted by Gasteiger charge is -2.10. The molecule has 2 N–H and O–H groups in total. The van der Waals surface area contributed by atoms with Crippen molar-refractivity contribution in [3.05, 3.63) is 24.3 Å². The maximum absolute atomic E-state index is 5.82. The van der Waals surface area contributed by atoms with Gasteiger partial charge in [-0.2, -0.15) is 0 Å². The molecule has 0 atom stereocenters. The van der Waals surface area contributed by atoms with Crippen molar-refractivity contribution in [2.45, 2.75) is 0 Å². The van der Waals surface area contributed by atoms with E-state index in [0.717, 1.165) is 6.54 Å². The van der Waals surface area contributed by atoms with Crippen molar-refractivity contribution < 1.29 is 61.6 Å². The number of hydrogen-bond acceptors (Lipinski definition) is 15. The van der Waals surface area contributed by atoms with Crippen LogP contribution in [0.25, 0.3) is 0 Å². The predicted molar refractivity (Wildman–Crippen MR) is 185 cm³/mol. The molecule has 0 aliphatic rings. The molecule has 1 rings (SSSR count). The maximum Gasteiger partial charge on any atom is 0.142 e. The van der Waals surface area contributed by atoms with Crippen LogP contribution < -0.4 is 10.5 Å². The van der Waals surface area contributed by atoms with Gasteiger partial charge in [-0.15, -0.1) is 0 Å². The van der Waals surface area contributed by atoms with Gasteiger partial charge < -0.3 is 72.2 Å². The molecule has 0 fully saturated rings. The first-order chi connectivity index (χ1) is 24.2. The second-order valence-electron chi connectivity index (χ2n) is 10.5. The first kappa shape index (κ1) is 45.3. The Balaban J connectivity index is 1.62. The number of rotatable bonds is 40. The van der Waals surface area contributed by atoms with E-state index >= 15 is 0 Å². The summed E-state index contributed by atoms with van der Waals surface area (Å²) in [5.74, 6) is 0.668. The zero-order valence-corrected chi connectivity index (χ0v) is 30.0. The van der Waals surface area contributed by atoms with Crippen LogP contribution in [-0.2, 0) is 56.8 Å². The van der Waals surface area contributed by atoms with Crippen molar-refractivity contribution in [1.29, 1.82) is 0 Å². The molecule has 0 aliphatic carbocycles. The van der Waals surface area contributed by atoms with Crippen LogP contribution in [0.15, 0.2) is 24.3 Å². The predicted octanol–water partition coefficient (Wildman–Crippen LogP) is 1.41. The summed E-state index contributed by atoms with van der Waals surface area (Å²) in [6.07, 6.45) is 0. The van der Waals surface area contributed by atoms with Crippen LogP contribution in [0.2, 0.25) is 0 Å². The van der Waals surface area contributed by atoms with Crippen molar-refractivity contribution in [2.24, 2.45) is 0 Å². The summed E-state index contributed by atoms with van der Waals surface area (Å²) >= 11 is 0. The highest BCUT2D eigenvalue weighted by Crippen LogP contribution is 2.19. The summed E-state index contributed by atoms with van der Waals surface area (Å²) < 4.78 is 71.3. The van der Waals surface area contributed by atoms with Crippen LogP contribution in [0.5, 0.6) is 5.75 Å². The van der Waals surface area contributed by atoms with E-state index in [1.807, 2.05) is 32.3 Å². The van der Waals surface area contributed by atoms with Crippen molar-refractivity contribution >= 4 is 5.69 Å². The lowest BCUT2D eigenvalue weighted by atomic mass is 10.3. The second-order valence-corrected chi connectivity index (χ2v) is 10.5. The highest BCUT2D eigenvalue weighted by molar-refractivity contribution is 5.51. The van der Waals surface area contributed by atoms with Crippen molar-refractivity contribution in [2.75, 3.05) is 192 Å². The number of anilines is 1. The fraction of sp³-hybridized carbons (Fsp3) is 0.824. The van der Waals surface area contributed by atoms with Crippen LogP contribution >= 0.6 is 0 Å². The van der Waals surface area contributed by atoms with Gasteiger partial charge in [0, 0.05) is 6.54 Å². The van der Waals surface area contributed by atoms with Gasteiger partial charge in [0.2, 0.25) is 0 Å².